The number of amides is 1. The minimum atomic E-state index is -0.427. The minimum absolute atomic E-state index is 0.0340. The number of hydrogen-bond donors (Lipinski definition) is 1. The Morgan fingerprint density at radius 3 is 2.20 bits per heavy atom. The van der Waals surface area contributed by atoms with E-state index in [2.05, 4.69) is 26.1 Å². The highest BCUT2D eigenvalue weighted by molar-refractivity contribution is 5.81. The molecule has 0 spiro atoms. The molecular weight excluding hydrogens is 250 g/mol. The zero-order chi connectivity index (χ0) is 15.1. The molecule has 0 aliphatic heterocycles. The zero-order valence-corrected chi connectivity index (χ0v) is 13.3. The first-order valence-corrected chi connectivity index (χ1v) is 7.53. The monoisotopic (exact) mass is 277 g/mol. The molecule has 3 heteroatoms. The molecule has 2 atom stereocenters. The van der Waals surface area contributed by atoms with Gasteiger partial charge in [0.2, 0.25) is 0 Å². The second-order valence-electron chi connectivity index (χ2n) is 5.55. The fraction of sp³-hybridized carbons (Fsp3) is 0.588. The minimum Gasteiger partial charge on any atom is -0.481 e. The summed E-state index contributed by atoms with van der Waals surface area (Å²) in [7, 11) is 0. The second-order valence-corrected chi connectivity index (χ2v) is 5.55. The lowest BCUT2D eigenvalue weighted by Gasteiger charge is -2.22. The first-order valence-electron chi connectivity index (χ1n) is 7.53. The van der Waals surface area contributed by atoms with Crippen molar-refractivity contribution in [1.29, 1.82) is 0 Å². The highest BCUT2D eigenvalue weighted by Gasteiger charge is 2.21. The molecule has 0 unspecified atom stereocenters. The van der Waals surface area contributed by atoms with Crippen LogP contribution < -0.4 is 10.1 Å². The molecule has 0 bridgehead atoms. The van der Waals surface area contributed by atoms with E-state index >= 15 is 0 Å². The highest BCUT2D eigenvalue weighted by atomic mass is 16.5. The van der Waals surface area contributed by atoms with Crippen LogP contribution in [0.1, 0.15) is 46.6 Å². The smallest absolute Gasteiger partial charge is 0.261 e. The van der Waals surface area contributed by atoms with Gasteiger partial charge in [0.15, 0.2) is 6.10 Å². The topological polar surface area (TPSA) is 38.3 Å². The van der Waals surface area contributed by atoms with E-state index in [1.165, 1.54) is 5.56 Å². The summed E-state index contributed by atoms with van der Waals surface area (Å²) < 4.78 is 5.79. The molecule has 3 nitrogen and oxygen atoms in total. The Morgan fingerprint density at radius 1 is 1.15 bits per heavy atom. The molecule has 1 amide bonds. The van der Waals surface area contributed by atoms with Crippen LogP contribution in [0.25, 0.3) is 0 Å². The maximum atomic E-state index is 12.2. The van der Waals surface area contributed by atoms with Gasteiger partial charge in [-0.15, -0.1) is 0 Å². The highest BCUT2D eigenvalue weighted by Crippen LogP contribution is 2.15. The third-order valence-electron chi connectivity index (χ3n) is 3.64. The number of carbonyl (C=O) groups excluding carboxylic acids is 1. The molecule has 0 aliphatic carbocycles. The van der Waals surface area contributed by atoms with Gasteiger partial charge in [0.1, 0.15) is 5.75 Å². The van der Waals surface area contributed by atoms with Crippen molar-refractivity contribution >= 4 is 5.91 Å². The van der Waals surface area contributed by atoms with Gasteiger partial charge in [-0.05, 0) is 43.4 Å². The molecule has 1 aromatic carbocycles. The molecule has 0 aliphatic rings. The fourth-order valence-corrected chi connectivity index (χ4v) is 1.77. The SMILES string of the molecule is CCc1ccc(O[C@@H](CC)C(=O)N[C@@H](C)C(C)C)cc1. The number of benzene rings is 1. The number of ether oxygens (including phenoxy) is 1. The van der Waals surface area contributed by atoms with E-state index in [0.29, 0.717) is 12.3 Å². The maximum absolute atomic E-state index is 12.2. The molecule has 0 radical (unpaired) electrons. The summed E-state index contributed by atoms with van der Waals surface area (Å²) in [6, 6.07) is 8.09. The Hall–Kier alpha value is -1.51. The van der Waals surface area contributed by atoms with Gasteiger partial charge in [-0.1, -0.05) is 39.8 Å². The summed E-state index contributed by atoms with van der Waals surface area (Å²) in [6.45, 7) is 10.3. The van der Waals surface area contributed by atoms with Crippen LogP contribution in [0, 0.1) is 5.92 Å². The largest absolute Gasteiger partial charge is 0.481 e. The normalized spacial score (nSPS) is 13.9. The molecule has 0 saturated heterocycles. The Balaban J connectivity index is 2.63. The molecular formula is C17H27NO2. The van der Waals surface area contributed by atoms with Gasteiger partial charge in [-0.3, -0.25) is 4.79 Å². The van der Waals surface area contributed by atoms with Crippen LogP contribution in [0.5, 0.6) is 5.75 Å². The van der Waals surface area contributed by atoms with E-state index in [4.69, 9.17) is 4.74 Å². The summed E-state index contributed by atoms with van der Waals surface area (Å²) in [5, 5.41) is 3.01. The number of rotatable bonds is 7. The molecule has 0 fully saturated rings. The number of hydrogen-bond acceptors (Lipinski definition) is 2. The van der Waals surface area contributed by atoms with E-state index in [0.717, 1.165) is 12.2 Å². The van der Waals surface area contributed by atoms with Crippen molar-refractivity contribution in [2.45, 2.75) is 59.6 Å². The van der Waals surface area contributed by atoms with Gasteiger partial charge < -0.3 is 10.1 Å². The van der Waals surface area contributed by atoms with Crippen LogP contribution in [0.15, 0.2) is 24.3 Å². The summed E-state index contributed by atoms with van der Waals surface area (Å²) in [4.78, 5) is 12.2. The molecule has 1 aromatic rings. The van der Waals surface area contributed by atoms with Crippen LogP contribution in [-0.4, -0.2) is 18.1 Å². The van der Waals surface area contributed by atoms with Gasteiger partial charge in [-0.2, -0.15) is 0 Å². The zero-order valence-electron chi connectivity index (χ0n) is 13.3. The Morgan fingerprint density at radius 2 is 1.75 bits per heavy atom. The fourth-order valence-electron chi connectivity index (χ4n) is 1.77. The number of nitrogens with one attached hydrogen (secondary N) is 1. The molecule has 20 heavy (non-hydrogen) atoms. The maximum Gasteiger partial charge on any atom is 0.261 e. The van der Waals surface area contributed by atoms with E-state index < -0.39 is 6.10 Å². The van der Waals surface area contributed by atoms with E-state index in [1.807, 2.05) is 38.1 Å². The molecule has 0 saturated carbocycles. The molecule has 0 heterocycles. The summed E-state index contributed by atoms with van der Waals surface area (Å²) >= 11 is 0. The lowest BCUT2D eigenvalue weighted by Crippen LogP contribution is -2.44. The molecule has 0 aromatic heterocycles. The van der Waals surface area contributed by atoms with Gasteiger partial charge in [0.05, 0.1) is 0 Å². The summed E-state index contributed by atoms with van der Waals surface area (Å²) in [5.74, 6) is 1.13. The van der Waals surface area contributed by atoms with Crippen molar-refractivity contribution in [2.75, 3.05) is 0 Å². The number of carbonyl (C=O) groups is 1. The van der Waals surface area contributed by atoms with E-state index in [1.54, 1.807) is 0 Å². The Kier molecular flexibility index (Phi) is 6.56. The van der Waals surface area contributed by atoms with Crippen molar-refractivity contribution in [3.05, 3.63) is 29.8 Å². The van der Waals surface area contributed by atoms with Gasteiger partial charge >= 0.3 is 0 Å². The number of aryl methyl sites for hydroxylation is 1. The Bertz CT molecular complexity index is 412. The van der Waals surface area contributed by atoms with Crippen molar-refractivity contribution in [2.24, 2.45) is 5.92 Å². The average molecular weight is 277 g/mol. The lowest BCUT2D eigenvalue weighted by molar-refractivity contribution is -0.129. The Labute approximate surface area is 122 Å². The van der Waals surface area contributed by atoms with Crippen molar-refractivity contribution in [1.82, 2.24) is 5.32 Å². The predicted octanol–water partition coefficient (Wildman–Crippen LogP) is 3.57. The molecule has 112 valence electrons. The van der Waals surface area contributed by atoms with Gasteiger partial charge in [0, 0.05) is 6.04 Å². The van der Waals surface area contributed by atoms with Crippen LogP contribution >= 0.6 is 0 Å². The van der Waals surface area contributed by atoms with Crippen LogP contribution in [-0.2, 0) is 11.2 Å². The van der Waals surface area contributed by atoms with Gasteiger partial charge in [-0.25, -0.2) is 0 Å². The third-order valence-corrected chi connectivity index (χ3v) is 3.64. The first kappa shape index (κ1) is 16.5. The van der Waals surface area contributed by atoms with Crippen molar-refractivity contribution in [3.63, 3.8) is 0 Å². The van der Waals surface area contributed by atoms with Crippen molar-refractivity contribution < 1.29 is 9.53 Å². The molecule has 1 rings (SSSR count). The van der Waals surface area contributed by atoms with E-state index in [9.17, 15) is 4.79 Å². The lowest BCUT2D eigenvalue weighted by atomic mass is 10.1. The quantitative estimate of drug-likeness (QED) is 0.827. The van der Waals surface area contributed by atoms with Crippen LogP contribution in [0.3, 0.4) is 0 Å². The standard InChI is InChI=1S/C17H27NO2/c1-6-14-8-10-15(11-9-14)20-16(7-2)17(19)18-13(5)12(3)4/h8-13,16H,6-7H2,1-5H3,(H,18,19)/t13-,16-/m0/s1. The summed E-state index contributed by atoms with van der Waals surface area (Å²) in [6.07, 6.45) is 1.24. The second kappa shape index (κ2) is 7.93. The van der Waals surface area contributed by atoms with Crippen LogP contribution in [0.4, 0.5) is 0 Å². The average Bonchev–Trinajstić information content (AvgIpc) is 2.44. The third kappa shape index (κ3) is 4.87. The predicted molar refractivity (Wildman–Crippen MR) is 83.0 cm³/mol. The summed E-state index contributed by atoms with van der Waals surface area (Å²) in [5.41, 5.74) is 1.27. The first-order chi connectivity index (χ1) is 9.47. The van der Waals surface area contributed by atoms with Crippen LogP contribution in [0.2, 0.25) is 0 Å². The van der Waals surface area contributed by atoms with Crippen molar-refractivity contribution in [3.8, 4) is 5.75 Å². The molecule has 1 N–H and O–H groups in total. The van der Waals surface area contributed by atoms with Gasteiger partial charge in [0.25, 0.3) is 5.91 Å². The van der Waals surface area contributed by atoms with E-state index in [-0.39, 0.29) is 11.9 Å².